The minimum atomic E-state index is 0.484. The van der Waals surface area contributed by atoms with E-state index in [1.165, 1.54) is 64.2 Å². The van der Waals surface area contributed by atoms with Crippen molar-refractivity contribution in [2.24, 2.45) is 17.6 Å². The Morgan fingerprint density at radius 3 is 1.88 bits per heavy atom. The minimum Gasteiger partial charge on any atom is -0.327 e. The van der Waals surface area contributed by atoms with Gasteiger partial charge in [-0.25, -0.2) is 0 Å². The summed E-state index contributed by atoms with van der Waals surface area (Å²) in [5.74, 6) is 1.61. The molecule has 1 aliphatic carbocycles. The van der Waals surface area contributed by atoms with Gasteiger partial charge in [0, 0.05) is 6.04 Å². The zero-order chi connectivity index (χ0) is 11.8. The molecule has 0 spiro atoms. The monoisotopic (exact) mass is 225 g/mol. The topological polar surface area (TPSA) is 26.0 Å². The maximum atomic E-state index is 6.53. The third-order valence-electron chi connectivity index (χ3n) is 4.31. The van der Waals surface area contributed by atoms with Crippen LogP contribution in [0, 0.1) is 11.8 Å². The Morgan fingerprint density at radius 1 is 0.938 bits per heavy atom. The van der Waals surface area contributed by atoms with Crippen LogP contribution in [-0.4, -0.2) is 6.04 Å². The fraction of sp³-hybridized carbons (Fsp3) is 1.00. The van der Waals surface area contributed by atoms with Crippen LogP contribution >= 0.6 is 0 Å². The van der Waals surface area contributed by atoms with Crippen molar-refractivity contribution in [1.29, 1.82) is 0 Å². The van der Waals surface area contributed by atoms with Crippen molar-refractivity contribution < 1.29 is 0 Å². The highest BCUT2D eigenvalue weighted by atomic mass is 14.7. The van der Waals surface area contributed by atoms with Gasteiger partial charge in [0.1, 0.15) is 0 Å². The fourth-order valence-corrected chi connectivity index (χ4v) is 3.35. The third kappa shape index (κ3) is 4.45. The molecule has 0 aliphatic heterocycles. The lowest BCUT2D eigenvalue weighted by Crippen LogP contribution is -2.37. The summed E-state index contributed by atoms with van der Waals surface area (Å²) in [6.07, 6.45) is 13.8. The molecule has 1 nitrogen and oxygen atoms in total. The molecule has 0 radical (unpaired) electrons. The van der Waals surface area contributed by atoms with Crippen molar-refractivity contribution in [1.82, 2.24) is 0 Å². The quantitative estimate of drug-likeness (QED) is 0.662. The van der Waals surface area contributed by atoms with Crippen molar-refractivity contribution in [2.45, 2.75) is 84.1 Å². The average molecular weight is 225 g/mol. The van der Waals surface area contributed by atoms with E-state index in [1.54, 1.807) is 0 Å². The Morgan fingerprint density at radius 2 is 1.44 bits per heavy atom. The molecule has 0 heterocycles. The summed E-state index contributed by atoms with van der Waals surface area (Å²) < 4.78 is 0. The first-order chi connectivity index (χ1) is 7.79. The van der Waals surface area contributed by atoms with Crippen LogP contribution in [-0.2, 0) is 0 Å². The van der Waals surface area contributed by atoms with Gasteiger partial charge in [-0.15, -0.1) is 0 Å². The van der Waals surface area contributed by atoms with Gasteiger partial charge in [-0.2, -0.15) is 0 Å². The van der Waals surface area contributed by atoms with E-state index < -0.39 is 0 Å². The van der Waals surface area contributed by atoms with Crippen molar-refractivity contribution in [2.75, 3.05) is 0 Å². The zero-order valence-corrected chi connectivity index (χ0v) is 11.4. The highest BCUT2D eigenvalue weighted by Crippen LogP contribution is 2.30. The molecule has 1 fully saturated rings. The van der Waals surface area contributed by atoms with Crippen molar-refractivity contribution in [3.05, 3.63) is 0 Å². The number of rotatable bonds is 6. The second-order valence-electron chi connectivity index (χ2n) is 5.67. The van der Waals surface area contributed by atoms with E-state index in [1.807, 2.05) is 0 Å². The summed E-state index contributed by atoms with van der Waals surface area (Å²) in [4.78, 5) is 0. The van der Waals surface area contributed by atoms with Gasteiger partial charge in [0.2, 0.25) is 0 Å². The van der Waals surface area contributed by atoms with Crippen molar-refractivity contribution >= 4 is 0 Å². The Balaban J connectivity index is 2.46. The van der Waals surface area contributed by atoms with Crippen LogP contribution < -0.4 is 5.73 Å². The van der Waals surface area contributed by atoms with Gasteiger partial charge < -0.3 is 5.73 Å². The summed E-state index contributed by atoms with van der Waals surface area (Å²) in [6.45, 7) is 4.59. The molecule has 2 N–H and O–H groups in total. The summed E-state index contributed by atoms with van der Waals surface area (Å²) in [5.41, 5.74) is 6.53. The minimum absolute atomic E-state index is 0.484. The molecule has 1 heteroatoms. The maximum absolute atomic E-state index is 6.53. The summed E-state index contributed by atoms with van der Waals surface area (Å²) in [7, 11) is 0. The first-order valence-corrected chi connectivity index (χ1v) is 7.55. The van der Waals surface area contributed by atoms with Crippen molar-refractivity contribution in [3.63, 3.8) is 0 Å². The molecule has 0 aromatic heterocycles. The lowest BCUT2D eigenvalue weighted by molar-refractivity contribution is 0.256. The second kappa shape index (κ2) is 8.11. The van der Waals surface area contributed by atoms with E-state index in [0.717, 1.165) is 11.8 Å². The van der Waals surface area contributed by atoms with E-state index in [4.69, 9.17) is 5.73 Å². The van der Waals surface area contributed by atoms with Gasteiger partial charge in [-0.05, 0) is 37.5 Å². The smallest absolute Gasteiger partial charge is 0.00956 e. The van der Waals surface area contributed by atoms with Crippen LogP contribution in [0.1, 0.15) is 78.1 Å². The average Bonchev–Trinajstić information content (AvgIpc) is 2.56. The third-order valence-corrected chi connectivity index (χ3v) is 4.31. The van der Waals surface area contributed by atoms with Crippen LogP contribution in [0.4, 0.5) is 0 Å². The molecular formula is C15H31N. The summed E-state index contributed by atoms with van der Waals surface area (Å²) in [6, 6.07) is 0.484. The maximum Gasteiger partial charge on any atom is 0.00956 e. The van der Waals surface area contributed by atoms with Gasteiger partial charge in [0.05, 0.1) is 0 Å². The van der Waals surface area contributed by atoms with Gasteiger partial charge in [-0.3, -0.25) is 0 Å². The molecule has 0 saturated heterocycles. The SMILES string of the molecule is CCCC(CCC)C(N)C1CCCCCC1. The molecule has 96 valence electrons. The molecule has 0 amide bonds. The number of hydrogen-bond donors (Lipinski definition) is 1. The van der Waals surface area contributed by atoms with Crippen molar-refractivity contribution in [3.8, 4) is 0 Å². The van der Waals surface area contributed by atoms with Crippen LogP contribution in [0.2, 0.25) is 0 Å². The van der Waals surface area contributed by atoms with Crippen LogP contribution in [0.25, 0.3) is 0 Å². The van der Waals surface area contributed by atoms with Gasteiger partial charge >= 0.3 is 0 Å². The van der Waals surface area contributed by atoms with E-state index >= 15 is 0 Å². The Kier molecular flexibility index (Phi) is 7.11. The van der Waals surface area contributed by atoms with Gasteiger partial charge in [0.15, 0.2) is 0 Å². The summed E-state index contributed by atoms with van der Waals surface area (Å²) >= 11 is 0. The lowest BCUT2D eigenvalue weighted by atomic mass is 9.80. The fourth-order valence-electron chi connectivity index (χ4n) is 3.35. The first kappa shape index (κ1) is 14.0. The van der Waals surface area contributed by atoms with Crippen LogP contribution in [0.15, 0.2) is 0 Å². The molecule has 1 rings (SSSR count). The molecular weight excluding hydrogens is 194 g/mol. The highest BCUT2D eigenvalue weighted by molar-refractivity contribution is 4.81. The molecule has 0 aromatic rings. The molecule has 0 bridgehead atoms. The van der Waals surface area contributed by atoms with E-state index in [2.05, 4.69) is 13.8 Å². The van der Waals surface area contributed by atoms with E-state index in [9.17, 15) is 0 Å². The number of nitrogens with two attached hydrogens (primary N) is 1. The predicted octanol–water partition coefficient (Wildman–Crippen LogP) is 4.50. The lowest BCUT2D eigenvalue weighted by Gasteiger charge is -2.30. The molecule has 1 unspecified atom stereocenters. The van der Waals surface area contributed by atoms with Gasteiger partial charge in [-0.1, -0.05) is 52.4 Å². The van der Waals surface area contributed by atoms with Crippen LogP contribution in [0.5, 0.6) is 0 Å². The number of hydrogen-bond acceptors (Lipinski definition) is 1. The molecule has 0 aromatic carbocycles. The van der Waals surface area contributed by atoms with Crippen LogP contribution in [0.3, 0.4) is 0 Å². The largest absolute Gasteiger partial charge is 0.327 e. The van der Waals surface area contributed by atoms with Gasteiger partial charge in [0.25, 0.3) is 0 Å². The predicted molar refractivity (Wildman–Crippen MR) is 72.5 cm³/mol. The Hall–Kier alpha value is -0.0400. The standard InChI is InChI=1S/C15H31N/c1-3-9-13(10-4-2)15(16)14-11-7-5-6-8-12-14/h13-15H,3-12,16H2,1-2H3. The molecule has 1 atom stereocenters. The zero-order valence-electron chi connectivity index (χ0n) is 11.4. The molecule has 1 saturated carbocycles. The van der Waals surface area contributed by atoms with E-state index in [-0.39, 0.29) is 0 Å². The first-order valence-electron chi connectivity index (χ1n) is 7.55. The Bertz CT molecular complexity index is 151. The highest BCUT2D eigenvalue weighted by Gasteiger charge is 2.25. The molecule has 16 heavy (non-hydrogen) atoms. The molecule has 1 aliphatic rings. The summed E-state index contributed by atoms with van der Waals surface area (Å²) in [5, 5.41) is 0. The normalized spacial score (nSPS) is 21.0. The second-order valence-corrected chi connectivity index (χ2v) is 5.67. The Labute approximate surface area is 102 Å². The van der Waals surface area contributed by atoms with E-state index in [0.29, 0.717) is 6.04 Å².